The van der Waals surface area contributed by atoms with E-state index in [1.54, 1.807) is 7.11 Å². The van der Waals surface area contributed by atoms with Gasteiger partial charge in [-0.25, -0.2) is 4.98 Å². The summed E-state index contributed by atoms with van der Waals surface area (Å²) in [6.07, 6.45) is 4.90. The third kappa shape index (κ3) is 3.14. The number of aromatic nitrogens is 2. The van der Waals surface area contributed by atoms with Crippen LogP contribution in [0, 0.1) is 0 Å². The van der Waals surface area contributed by atoms with Crippen LogP contribution in [0.3, 0.4) is 0 Å². The van der Waals surface area contributed by atoms with Crippen LogP contribution in [-0.2, 0) is 17.7 Å². The van der Waals surface area contributed by atoms with E-state index in [2.05, 4.69) is 15.6 Å². The number of amides is 2. The zero-order chi connectivity index (χ0) is 15.5. The lowest BCUT2D eigenvalue weighted by Gasteiger charge is -2.17. The number of fused-ring (bicyclic) bond motifs is 1. The molecule has 1 aliphatic carbocycles. The molecule has 0 aromatic carbocycles. The highest BCUT2D eigenvalue weighted by Crippen LogP contribution is 2.23. The smallest absolute Gasteiger partial charge is 0.287 e. The Balaban J connectivity index is 1.81. The van der Waals surface area contributed by atoms with Gasteiger partial charge in [0.25, 0.3) is 11.8 Å². The number of carbonyl (C=O) groups is 2. The molecule has 2 aliphatic rings. The molecule has 0 bridgehead atoms. The number of hydrogen-bond donors (Lipinski definition) is 2. The average molecular weight is 306 g/mol. The van der Waals surface area contributed by atoms with Gasteiger partial charge in [0.2, 0.25) is 0 Å². The molecule has 2 heterocycles. The van der Waals surface area contributed by atoms with Crippen molar-refractivity contribution in [1.29, 1.82) is 0 Å². The quantitative estimate of drug-likeness (QED) is 0.749. The van der Waals surface area contributed by atoms with Crippen LogP contribution < -0.4 is 10.6 Å². The fraction of sp³-hybridized carbons (Fsp3) is 0.667. The summed E-state index contributed by atoms with van der Waals surface area (Å²) >= 11 is 0. The number of hydrogen-bond acceptors (Lipinski definition) is 4. The number of nitrogens with zero attached hydrogens (tertiary/aromatic N) is 2. The molecule has 0 saturated heterocycles. The molecule has 120 valence electrons. The fourth-order valence-corrected chi connectivity index (χ4v) is 2.73. The minimum atomic E-state index is -0.245. The highest BCUT2D eigenvalue weighted by Gasteiger charge is 2.30. The first-order valence-electron chi connectivity index (χ1n) is 7.88. The van der Waals surface area contributed by atoms with Crippen LogP contribution >= 0.6 is 0 Å². The van der Waals surface area contributed by atoms with Gasteiger partial charge in [-0.2, -0.15) is 0 Å². The van der Waals surface area contributed by atoms with Gasteiger partial charge in [-0.15, -0.1) is 0 Å². The van der Waals surface area contributed by atoms with Gasteiger partial charge in [-0.05, 0) is 32.1 Å². The molecule has 3 rings (SSSR count). The summed E-state index contributed by atoms with van der Waals surface area (Å²) in [6, 6.07) is 0.285. The number of rotatable bonds is 6. The van der Waals surface area contributed by atoms with Gasteiger partial charge in [0.05, 0.1) is 12.3 Å². The second-order valence-corrected chi connectivity index (χ2v) is 5.84. The lowest BCUT2D eigenvalue weighted by atomic mass is 10.1. The van der Waals surface area contributed by atoms with E-state index in [0.29, 0.717) is 24.7 Å². The minimum absolute atomic E-state index is 0.149. The topological polar surface area (TPSA) is 85.2 Å². The standard InChI is InChI=1S/C15H22N4O3/c1-22-9-7-16-15(21)13-18-12(14(20)17-10-5-6-10)11-4-2-3-8-19(11)13/h10H,2-9H2,1H3,(H,16,21)(H,17,20). The van der Waals surface area contributed by atoms with Crippen LogP contribution in [0.1, 0.15) is 52.5 Å². The minimum Gasteiger partial charge on any atom is -0.383 e. The van der Waals surface area contributed by atoms with E-state index in [-0.39, 0.29) is 17.9 Å². The van der Waals surface area contributed by atoms with E-state index in [4.69, 9.17) is 4.74 Å². The first kappa shape index (κ1) is 15.0. The van der Waals surface area contributed by atoms with Gasteiger partial charge < -0.3 is 19.9 Å². The van der Waals surface area contributed by atoms with Gasteiger partial charge in [0, 0.05) is 26.2 Å². The Bertz CT molecular complexity index is 578. The van der Waals surface area contributed by atoms with Crippen molar-refractivity contribution >= 4 is 11.8 Å². The van der Waals surface area contributed by atoms with Crippen molar-refractivity contribution in [3.8, 4) is 0 Å². The summed E-state index contributed by atoms with van der Waals surface area (Å²) in [5, 5.41) is 5.73. The lowest BCUT2D eigenvalue weighted by Crippen LogP contribution is -2.30. The Morgan fingerprint density at radius 3 is 2.86 bits per heavy atom. The van der Waals surface area contributed by atoms with Crippen LogP contribution in [0.2, 0.25) is 0 Å². The summed E-state index contributed by atoms with van der Waals surface area (Å²) in [7, 11) is 1.59. The summed E-state index contributed by atoms with van der Waals surface area (Å²) in [5.74, 6) is -0.0542. The maximum atomic E-state index is 12.3. The molecule has 0 radical (unpaired) electrons. The molecule has 1 aliphatic heterocycles. The van der Waals surface area contributed by atoms with Crippen LogP contribution in [0.15, 0.2) is 0 Å². The Hall–Kier alpha value is -1.89. The largest absolute Gasteiger partial charge is 0.383 e. The van der Waals surface area contributed by atoms with Crippen LogP contribution in [0.5, 0.6) is 0 Å². The first-order chi connectivity index (χ1) is 10.7. The van der Waals surface area contributed by atoms with Crippen molar-refractivity contribution in [1.82, 2.24) is 20.2 Å². The van der Waals surface area contributed by atoms with E-state index in [9.17, 15) is 9.59 Å². The summed E-state index contributed by atoms with van der Waals surface area (Å²) in [6.45, 7) is 1.63. The van der Waals surface area contributed by atoms with E-state index in [1.165, 1.54) is 0 Å². The molecule has 0 unspecified atom stereocenters. The van der Waals surface area contributed by atoms with Crippen LogP contribution in [-0.4, -0.2) is 47.7 Å². The van der Waals surface area contributed by atoms with Gasteiger partial charge in [0.15, 0.2) is 5.82 Å². The van der Waals surface area contributed by atoms with Crippen molar-refractivity contribution in [3.05, 3.63) is 17.2 Å². The highest BCUT2D eigenvalue weighted by atomic mass is 16.5. The molecule has 7 nitrogen and oxygen atoms in total. The molecule has 0 atom stereocenters. The predicted octanol–water partition coefficient (Wildman–Crippen LogP) is 0.488. The molecule has 1 fully saturated rings. The SMILES string of the molecule is COCCNC(=O)c1nc(C(=O)NC2CC2)c2n1CCCC2. The maximum absolute atomic E-state index is 12.3. The monoisotopic (exact) mass is 306 g/mol. The zero-order valence-corrected chi connectivity index (χ0v) is 12.9. The maximum Gasteiger partial charge on any atom is 0.287 e. The number of imidazole rings is 1. The molecule has 1 aromatic rings. The molecule has 2 amide bonds. The van der Waals surface area contributed by atoms with Crippen molar-refractivity contribution in [2.75, 3.05) is 20.3 Å². The van der Waals surface area contributed by atoms with Gasteiger partial charge in [-0.1, -0.05) is 0 Å². The van der Waals surface area contributed by atoms with Crippen molar-refractivity contribution in [3.63, 3.8) is 0 Å². The summed E-state index contributed by atoms with van der Waals surface area (Å²) in [4.78, 5) is 29.0. The summed E-state index contributed by atoms with van der Waals surface area (Å²) < 4.78 is 6.83. The lowest BCUT2D eigenvalue weighted by molar-refractivity contribution is 0.0921. The van der Waals surface area contributed by atoms with Crippen molar-refractivity contribution in [2.24, 2.45) is 0 Å². The average Bonchev–Trinajstić information content (AvgIpc) is 3.24. The van der Waals surface area contributed by atoms with Gasteiger partial charge in [-0.3, -0.25) is 9.59 Å². The molecule has 1 saturated carbocycles. The molecule has 2 N–H and O–H groups in total. The number of carbonyl (C=O) groups excluding carboxylic acids is 2. The summed E-state index contributed by atoms with van der Waals surface area (Å²) in [5.41, 5.74) is 1.31. The van der Waals surface area contributed by atoms with E-state index in [1.807, 2.05) is 4.57 Å². The molecular formula is C15H22N4O3. The normalized spacial score (nSPS) is 17.0. The van der Waals surface area contributed by atoms with Crippen LogP contribution in [0.25, 0.3) is 0 Å². The Kier molecular flexibility index (Phi) is 4.42. The number of ether oxygens (including phenoxy) is 1. The molecular weight excluding hydrogens is 284 g/mol. The van der Waals surface area contributed by atoms with Crippen molar-refractivity contribution < 1.29 is 14.3 Å². The zero-order valence-electron chi connectivity index (χ0n) is 12.9. The molecule has 7 heteroatoms. The molecule has 0 spiro atoms. The van der Waals surface area contributed by atoms with Gasteiger partial charge >= 0.3 is 0 Å². The van der Waals surface area contributed by atoms with E-state index < -0.39 is 0 Å². The Labute approximate surface area is 129 Å². The van der Waals surface area contributed by atoms with Gasteiger partial charge in [0.1, 0.15) is 5.69 Å². The predicted molar refractivity (Wildman–Crippen MR) is 79.9 cm³/mol. The Morgan fingerprint density at radius 1 is 1.32 bits per heavy atom. The van der Waals surface area contributed by atoms with E-state index >= 15 is 0 Å². The van der Waals surface area contributed by atoms with Crippen molar-refractivity contribution in [2.45, 2.75) is 44.7 Å². The number of nitrogens with one attached hydrogen (secondary N) is 2. The second-order valence-electron chi connectivity index (χ2n) is 5.84. The number of methoxy groups -OCH3 is 1. The van der Waals surface area contributed by atoms with E-state index in [0.717, 1.165) is 44.3 Å². The molecule has 22 heavy (non-hydrogen) atoms. The third-order valence-electron chi connectivity index (χ3n) is 4.04. The Morgan fingerprint density at radius 2 is 2.14 bits per heavy atom. The fourth-order valence-electron chi connectivity index (χ4n) is 2.73. The van der Waals surface area contributed by atoms with Crippen LogP contribution in [0.4, 0.5) is 0 Å². The first-order valence-corrected chi connectivity index (χ1v) is 7.88. The highest BCUT2D eigenvalue weighted by molar-refractivity contribution is 5.97. The third-order valence-corrected chi connectivity index (χ3v) is 4.04. The second kappa shape index (κ2) is 6.48. The molecule has 1 aromatic heterocycles.